The van der Waals surface area contributed by atoms with E-state index in [1.807, 2.05) is 29.5 Å². The number of thiophene rings is 1. The summed E-state index contributed by atoms with van der Waals surface area (Å²) < 4.78 is 10.8. The van der Waals surface area contributed by atoms with Crippen LogP contribution in [0.2, 0.25) is 0 Å². The molecular weight excluding hydrogens is 372 g/mol. The summed E-state index contributed by atoms with van der Waals surface area (Å²) in [6.45, 7) is 5.62. The highest BCUT2D eigenvalue weighted by molar-refractivity contribution is 7.14. The van der Waals surface area contributed by atoms with E-state index < -0.39 is 0 Å². The van der Waals surface area contributed by atoms with Crippen molar-refractivity contribution in [3.8, 4) is 11.5 Å². The average Bonchev–Trinajstić information content (AvgIpc) is 3.27. The largest absolute Gasteiger partial charge is 0.497 e. The molecule has 1 aliphatic heterocycles. The van der Waals surface area contributed by atoms with Crippen molar-refractivity contribution in [2.75, 3.05) is 38.8 Å². The van der Waals surface area contributed by atoms with E-state index in [-0.39, 0.29) is 0 Å². The minimum atomic E-state index is 0.437. The van der Waals surface area contributed by atoms with E-state index in [2.05, 4.69) is 40.0 Å². The lowest BCUT2D eigenvalue weighted by atomic mass is 10.1. The number of rotatable bonds is 7. The van der Waals surface area contributed by atoms with Crippen molar-refractivity contribution < 1.29 is 9.47 Å². The fourth-order valence-electron chi connectivity index (χ4n) is 3.35. The first-order valence-electron chi connectivity index (χ1n) is 9.77. The number of nitrogens with zero attached hydrogens (tertiary/aromatic N) is 2. The van der Waals surface area contributed by atoms with Gasteiger partial charge in [-0.25, -0.2) is 4.99 Å². The van der Waals surface area contributed by atoms with Crippen molar-refractivity contribution in [1.29, 1.82) is 0 Å². The van der Waals surface area contributed by atoms with Crippen molar-refractivity contribution in [2.45, 2.75) is 32.4 Å². The molecular formula is C21H30N4O2S. The van der Waals surface area contributed by atoms with Crippen molar-refractivity contribution in [3.63, 3.8) is 0 Å². The molecule has 1 aliphatic rings. The van der Waals surface area contributed by atoms with Gasteiger partial charge in [0, 0.05) is 37.3 Å². The van der Waals surface area contributed by atoms with E-state index in [0.29, 0.717) is 12.6 Å². The molecule has 1 saturated heterocycles. The van der Waals surface area contributed by atoms with Gasteiger partial charge in [0.1, 0.15) is 11.5 Å². The second kappa shape index (κ2) is 10.2. The molecule has 2 aromatic rings. The zero-order valence-corrected chi connectivity index (χ0v) is 17.7. The lowest BCUT2D eigenvalue weighted by molar-refractivity contribution is 0.391. The molecule has 28 heavy (non-hydrogen) atoms. The Morgan fingerprint density at radius 2 is 2.04 bits per heavy atom. The number of methoxy groups -OCH3 is 2. The van der Waals surface area contributed by atoms with Crippen LogP contribution in [0.5, 0.6) is 11.5 Å². The fraction of sp³-hybridized carbons (Fsp3) is 0.476. The Morgan fingerprint density at radius 1 is 1.21 bits per heavy atom. The van der Waals surface area contributed by atoms with Crippen LogP contribution in [0, 0.1) is 0 Å². The van der Waals surface area contributed by atoms with Crippen LogP contribution in [-0.4, -0.2) is 45.9 Å². The van der Waals surface area contributed by atoms with Crippen LogP contribution in [0.25, 0.3) is 0 Å². The maximum Gasteiger partial charge on any atom is 0.191 e. The predicted octanol–water partition coefficient (Wildman–Crippen LogP) is 3.49. The molecule has 0 amide bonds. The smallest absolute Gasteiger partial charge is 0.191 e. The van der Waals surface area contributed by atoms with Crippen LogP contribution < -0.4 is 25.0 Å². The number of ether oxygens (including phenoxy) is 2. The third-order valence-corrected chi connectivity index (χ3v) is 5.83. The van der Waals surface area contributed by atoms with Crippen molar-refractivity contribution in [2.24, 2.45) is 4.99 Å². The Kier molecular flexibility index (Phi) is 7.42. The SMILES string of the molecule is CCNC(=NCc1ccc(OC)cc1OC)NC1CCN(c2cccs2)CC1. The van der Waals surface area contributed by atoms with Crippen LogP contribution in [0.15, 0.2) is 40.7 Å². The summed E-state index contributed by atoms with van der Waals surface area (Å²) in [7, 11) is 3.33. The zero-order valence-electron chi connectivity index (χ0n) is 16.9. The summed E-state index contributed by atoms with van der Waals surface area (Å²) in [6.07, 6.45) is 2.21. The van der Waals surface area contributed by atoms with Gasteiger partial charge in [0.2, 0.25) is 0 Å². The number of guanidine groups is 1. The van der Waals surface area contributed by atoms with Gasteiger partial charge in [-0.15, -0.1) is 11.3 Å². The third-order valence-electron chi connectivity index (χ3n) is 4.90. The normalized spacial score (nSPS) is 15.4. The minimum Gasteiger partial charge on any atom is -0.497 e. The molecule has 2 N–H and O–H groups in total. The second-order valence-electron chi connectivity index (χ2n) is 6.73. The van der Waals surface area contributed by atoms with Gasteiger partial charge in [0.05, 0.1) is 25.8 Å². The Hall–Kier alpha value is -2.41. The molecule has 1 aromatic carbocycles. The van der Waals surface area contributed by atoms with E-state index in [1.165, 1.54) is 5.00 Å². The lowest BCUT2D eigenvalue weighted by Gasteiger charge is -2.33. The maximum atomic E-state index is 5.48. The average molecular weight is 403 g/mol. The quantitative estimate of drug-likeness (QED) is 0.548. The maximum absolute atomic E-state index is 5.48. The highest BCUT2D eigenvalue weighted by atomic mass is 32.1. The highest BCUT2D eigenvalue weighted by Crippen LogP contribution is 2.26. The number of aliphatic imine (C=N–C) groups is 1. The van der Waals surface area contributed by atoms with Crippen LogP contribution >= 0.6 is 11.3 Å². The van der Waals surface area contributed by atoms with Gasteiger partial charge in [-0.2, -0.15) is 0 Å². The van der Waals surface area contributed by atoms with Gasteiger partial charge in [-0.05, 0) is 49.4 Å². The molecule has 0 spiro atoms. The molecule has 2 heterocycles. The molecule has 152 valence electrons. The molecule has 1 fully saturated rings. The Balaban J connectivity index is 1.59. The summed E-state index contributed by atoms with van der Waals surface area (Å²) in [5, 5.41) is 10.5. The first-order chi connectivity index (χ1) is 13.7. The van der Waals surface area contributed by atoms with Gasteiger partial charge in [0.15, 0.2) is 5.96 Å². The van der Waals surface area contributed by atoms with E-state index in [0.717, 1.165) is 55.5 Å². The number of benzene rings is 1. The van der Waals surface area contributed by atoms with Crippen molar-refractivity contribution >= 4 is 22.3 Å². The summed E-state index contributed by atoms with van der Waals surface area (Å²) >= 11 is 1.81. The highest BCUT2D eigenvalue weighted by Gasteiger charge is 2.20. The summed E-state index contributed by atoms with van der Waals surface area (Å²) in [6, 6.07) is 10.6. The molecule has 1 aromatic heterocycles. The van der Waals surface area contributed by atoms with Gasteiger partial charge in [-0.1, -0.05) is 0 Å². The summed E-state index contributed by atoms with van der Waals surface area (Å²) in [4.78, 5) is 7.24. The molecule has 0 unspecified atom stereocenters. The molecule has 3 rings (SSSR count). The first kappa shape index (κ1) is 20.3. The topological polar surface area (TPSA) is 58.1 Å². The molecule has 6 nitrogen and oxygen atoms in total. The number of nitrogens with one attached hydrogen (secondary N) is 2. The minimum absolute atomic E-state index is 0.437. The molecule has 0 saturated carbocycles. The van der Waals surface area contributed by atoms with E-state index in [1.54, 1.807) is 14.2 Å². The molecule has 7 heteroatoms. The second-order valence-corrected chi connectivity index (χ2v) is 7.66. The Morgan fingerprint density at radius 3 is 2.68 bits per heavy atom. The monoisotopic (exact) mass is 402 g/mol. The van der Waals surface area contributed by atoms with Gasteiger partial charge < -0.3 is 25.0 Å². The lowest BCUT2D eigenvalue weighted by Crippen LogP contribution is -2.48. The fourth-order valence-corrected chi connectivity index (χ4v) is 4.14. The Labute approximate surface area is 171 Å². The zero-order chi connectivity index (χ0) is 19.8. The van der Waals surface area contributed by atoms with E-state index in [4.69, 9.17) is 14.5 Å². The van der Waals surface area contributed by atoms with Crippen LogP contribution in [0.4, 0.5) is 5.00 Å². The van der Waals surface area contributed by atoms with Crippen LogP contribution in [0.3, 0.4) is 0 Å². The third kappa shape index (κ3) is 5.32. The predicted molar refractivity (Wildman–Crippen MR) is 117 cm³/mol. The first-order valence-corrected chi connectivity index (χ1v) is 10.7. The van der Waals surface area contributed by atoms with Crippen molar-refractivity contribution in [1.82, 2.24) is 10.6 Å². The van der Waals surface area contributed by atoms with Gasteiger partial charge >= 0.3 is 0 Å². The summed E-state index contributed by atoms with van der Waals surface area (Å²) in [5.41, 5.74) is 1.04. The number of hydrogen-bond acceptors (Lipinski definition) is 5. The van der Waals surface area contributed by atoms with Crippen LogP contribution in [-0.2, 0) is 6.54 Å². The van der Waals surface area contributed by atoms with Gasteiger partial charge in [-0.3, -0.25) is 0 Å². The van der Waals surface area contributed by atoms with Gasteiger partial charge in [0.25, 0.3) is 0 Å². The van der Waals surface area contributed by atoms with Crippen molar-refractivity contribution in [3.05, 3.63) is 41.3 Å². The molecule has 0 aliphatic carbocycles. The molecule has 0 atom stereocenters. The summed E-state index contributed by atoms with van der Waals surface area (Å²) in [5.74, 6) is 2.44. The number of hydrogen-bond donors (Lipinski definition) is 2. The molecule has 0 bridgehead atoms. The number of piperidine rings is 1. The van der Waals surface area contributed by atoms with E-state index >= 15 is 0 Å². The van der Waals surface area contributed by atoms with Crippen LogP contribution in [0.1, 0.15) is 25.3 Å². The Bertz CT molecular complexity index is 756. The number of anilines is 1. The van der Waals surface area contributed by atoms with E-state index in [9.17, 15) is 0 Å². The standard InChI is InChI=1S/C21H30N4O2S/c1-4-22-21(23-15-16-7-8-18(26-2)14-19(16)27-3)24-17-9-11-25(12-10-17)20-6-5-13-28-20/h5-8,13-14,17H,4,9-12,15H2,1-3H3,(H2,22,23,24). The molecule has 0 radical (unpaired) electrons.